The lowest BCUT2D eigenvalue weighted by Crippen LogP contribution is -2.06. The average Bonchev–Trinajstić information content (AvgIpc) is 2.31. The number of nitrogens with one attached hydrogen (secondary N) is 1. The molecule has 16 heavy (non-hydrogen) atoms. The summed E-state index contributed by atoms with van der Waals surface area (Å²) >= 11 is 0. The molecular formula is C13H20N2O. The van der Waals surface area contributed by atoms with Crippen LogP contribution in [0.25, 0.3) is 0 Å². The third-order valence-electron chi connectivity index (χ3n) is 2.21. The molecule has 0 bridgehead atoms. The summed E-state index contributed by atoms with van der Waals surface area (Å²) in [6.07, 6.45) is 5.84. The molecule has 3 heteroatoms. The molecule has 0 unspecified atom stereocenters. The smallest absolute Gasteiger partial charge is 0.0887 e. The quantitative estimate of drug-likeness (QED) is 0.539. The number of nitrogens with zero attached hydrogens (tertiary/aromatic N) is 1. The number of ether oxygens (including phenoxy) is 1. The molecule has 1 rings (SSSR count). The number of hydrogen-bond donors (Lipinski definition) is 1. The zero-order valence-electron chi connectivity index (χ0n) is 9.91. The first-order chi connectivity index (χ1) is 7.86. The maximum Gasteiger partial charge on any atom is 0.0887 e. The van der Waals surface area contributed by atoms with Crippen LogP contribution in [0.2, 0.25) is 0 Å². The molecule has 0 saturated carbocycles. The number of rotatable bonds is 8. The third kappa shape index (κ3) is 5.05. The van der Waals surface area contributed by atoms with Crippen LogP contribution in [-0.2, 0) is 17.9 Å². The monoisotopic (exact) mass is 220 g/mol. The highest BCUT2D eigenvalue weighted by molar-refractivity contribution is 5.13. The molecule has 0 amide bonds. The minimum atomic E-state index is 0.594. The van der Waals surface area contributed by atoms with Gasteiger partial charge in [-0.2, -0.15) is 0 Å². The first-order valence-corrected chi connectivity index (χ1v) is 5.64. The molecule has 0 atom stereocenters. The maximum absolute atomic E-state index is 5.50. The normalized spacial score (nSPS) is 10.3. The Morgan fingerprint density at radius 2 is 2.38 bits per heavy atom. The van der Waals surface area contributed by atoms with Gasteiger partial charge in [0, 0.05) is 19.3 Å². The fraction of sp³-hybridized carbons (Fsp3) is 0.462. The zero-order chi connectivity index (χ0) is 11.6. The Balaban J connectivity index is 2.23. The van der Waals surface area contributed by atoms with Gasteiger partial charge in [0.15, 0.2) is 0 Å². The van der Waals surface area contributed by atoms with E-state index in [1.807, 2.05) is 25.4 Å². The van der Waals surface area contributed by atoms with E-state index < -0.39 is 0 Å². The first kappa shape index (κ1) is 12.9. The molecule has 0 aliphatic rings. The molecule has 0 radical (unpaired) electrons. The standard InChI is InChI=1S/C13H20N2O/c1-3-4-5-8-16-11-13-7-6-12(9-14-2)10-15-13/h3,6-7,10,14H,1,4-5,8-9,11H2,2H3. The average molecular weight is 220 g/mol. The number of hydrogen-bond acceptors (Lipinski definition) is 3. The Morgan fingerprint density at radius 1 is 1.50 bits per heavy atom. The van der Waals surface area contributed by atoms with E-state index in [-0.39, 0.29) is 0 Å². The Morgan fingerprint density at radius 3 is 3.00 bits per heavy atom. The van der Waals surface area contributed by atoms with Crippen molar-refractivity contribution in [2.45, 2.75) is 26.0 Å². The molecule has 3 nitrogen and oxygen atoms in total. The summed E-state index contributed by atoms with van der Waals surface area (Å²) in [6, 6.07) is 4.09. The van der Waals surface area contributed by atoms with Crippen molar-refractivity contribution in [2.75, 3.05) is 13.7 Å². The van der Waals surface area contributed by atoms with Gasteiger partial charge in [0.25, 0.3) is 0 Å². The molecule has 0 spiro atoms. The van der Waals surface area contributed by atoms with Gasteiger partial charge in [-0.25, -0.2) is 0 Å². The Hall–Kier alpha value is -1.19. The zero-order valence-corrected chi connectivity index (χ0v) is 9.91. The number of allylic oxidation sites excluding steroid dienone is 1. The van der Waals surface area contributed by atoms with Crippen LogP contribution in [0.1, 0.15) is 24.1 Å². The second-order valence-electron chi connectivity index (χ2n) is 3.67. The van der Waals surface area contributed by atoms with E-state index in [1.165, 1.54) is 5.56 Å². The van der Waals surface area contributed by atoms with Crippen molar-refractivity contribution >= 4 is 0 Å². The van der Waals surface area contributed by atoms with Gasteiger partial charge in [0.1, 0.15) is 0 Å². The summed E-state index contributed by atoms with van der Waals surface area (Å²) in [7, 11) is 1.93. The van der Waals surface area contributed by atoms with Crippen molar-refractivity contribution in [3.8, 4) is 0 Å². The van der Waals surface area contributed by atoms with Gasteiger partial charge < -0.3 is 10.1 Å². The van der Waals surface area contributed by atoms with E-state index in [0.29, 0.717) is 6.61 Å². The van der Waals surface area contributed by atoms with Gasteiger partial charge in [0.05, 0.1) is 12.3 Å². The van der Waals surface area contributed by atoms with Crippen molar-refractivity contribution in [1.82, 2.24) is 10.3 Å². The molecule has 0 saturated heterocycles. The van der Waals surface area contributed by atoms with Gasteiger partial charge in [-0.3, -0.25) is 4.98 Å². The van der Waals surface area contributed by atoms with E-state index in [9.17, 15) is 0 Å². The Labute approximate surface area is 97.5 Å². The lowest BCUT2D eigenvalue weighted by atomic mass is 10.2. The summed E-state index contributed by atoms with van der Waals surface area (Å²) in [4.78, 5) is 4.33. The van der Waals surface area contributed by atoms with Crippen LogP contribution in [0.15, 0.2) is 31.0 Å². The lowest BCUT2D eigenvalue weighted by Gasteiger charge is -2.04. The van der Waals surface area contributed by atoms with Crippen LogP contribution in [0.3, 0.4) is 0 Å². The van der Waals surface area contributed by atoms with Crippen LogP contribution in [0, 0.1) is 0 Å². The first-order valence-electron chi connectivity index (χ1n) is 5.64. The SMILES string of the molecule is C=CCCCOCc1ccc(CNC)cn1. The number of unbranched alkanes of at least 4 members (excludes halogenated alkanes) is 1. The lowest BCUT2D eigenvalue weighted by molar-refractivity contribution is 0.116. The highest BCUT2D eigenvalue weighted by Crippen LogP contribution is 2.02. The minimum absolute atomic E-state index is 0.594. The van der Waals surface area contributed by atoms with Crippen LogP contribution in [-0.4, -0.2) is 18.6 Å². The molecule has 1 aromatic rings. The van der Waals surface area contributed by atoms with Gasteiger partial charge in [-0.1, -0.05) is 12.1 Å². The molecule has 1 heterocycles. The van der Waals surface area contributed by atoms with Gasteiger partial charge in [0.2, 0.25) is 0 Å². The van der Waals surface area contributed by atoms with Crippen molar-refractivity contribution in [2.24, 2.45) is 0 Å². The van der Waals surface area contributed by atoms with Crippen molar-refractivity contribution in [1.29, 1.82) is 0 Å². The molecular weight excluding hydrogens is 200 g/mol. The fourth-order valence-electron chi connectivity index (χ4n) is 1.36. The second kappa shape index (κ2) is 8.02. The molecule has 0 fully saturated rings. The van der Waals surface area contributed by atoms with E-state index in [4.69, 9.17) is 4.74 Å². The molecule has 0 aromatic carbocycles. The van der Waals surface area contributed by atoms with E-state index >= 15 is 0 Å². The maximum atomic E-state index is 5.50. The second-order valence-corrected chi connectivity index (χ2v) is 3.67. The van der Waals surface area contributed by atoms with Crippen LogP contribution in [0.4, 0.5) is 0 Å². The van der Waals surface area contributed by atoms with Crippen molar-refractivity contribution in [3.05, 3.63) is 42.2 Å². The topological polar surface area (TPSA) is 34.1 Å². The molecule has 0 aliphatic heterocycles. The highest BCUT2D eigenvalue weighted by atomic mass is 16.5. The molecule has 1 aromatic heterocycles. The predicted molar refractivity (Wildman–Crippen MR) is 66.1 cm³/mol. The van der Waals surface area contributed by atoms with E-state index in [1.54, 1.807) is 0 Å². The van der Waals surface area contributed by atoms with Crippen molar-refractivity contribution in [3.63, 3.8) is 0 Å². The molecule has 0 aliphatic carbocycles. The molecule has 88 valence electrons. The summed E-state index contributed by atoms with van der Waals surface area (Å²) < 4.78 is 5.50. The van der Waals surface area contributed by atoms with Gasteiger partial charge in [-0.05, 0) is 31.5 Å². The Kier molecular flexibility index (Phi) is 6.45. The highest BCUT2D eigenvalue weighted by Gasteiger charge is 1.96. The fourth-order valence-corrected chi connectivity index (χ4v) is 1.36. The van der Waals surface area contributed by atoms with E-state index in [2.05, 4.69) is 22.9 Å². The summed E-state index contributed by atoms with van der Waals surface area (Å²) in [5.74, 6) is 0. The van der Waals surface area contributed by atoms with Crippen molar-refractivity contribution < 1.29 is 4.74 Å². The number of aromatic nitrogens is 1. The third-order valence-corrected chi connectivity index (χ3v) is 2.21. The number of pyridine rings is 1. The summed E-state index contributed by atoms with van der Waals surface area (Å²) in [6.45, 7) is 5.89. The summed E-state index contributed by atoms with van der Waals surface area (Å²) in [5, 5.41) is 3.09. The van der Waals surface area contributed by atoms with E-state index in [0.717, 1.165) is 31.7 Å². The van der Waals surface area contributed by atoms with Crippen LogP contribution in [0.5, 0.6) is 0 Å². The van der Waals surface area contributed by atoms with Crippen LogP contribution < -0.4 is 5.32 Å². The summed E-state index contributed by atoms with van der Waals surface area (Å²) in [5.41, 5.74) is 2.18. The van der Waals surface area contributed by atoms with Gasteiger partial charge >= 0.3 is 0 Å². The molecule has 1 N–H and O–H groups in total. The van der Waals surface area contributed by atoms with Gasteiger partial charge in [-0.15, -0.1) is 6.58 Å². The predicted octanol–water partition coefficient (Wildman–Crippen LogP) is 2.28. The largest absolute Gasteiger partial charge is 0.375 e. The minimum Gasteiger partial charge on any atom is -0.375 e. The Bertz CT molecular complexity index is 295. The van der Waals surface area contributed by atoms with Crippen LogP contribution >= 0.6 is 0 Å².